The third-order valence-electron chi connectivity index (χ3n) is 3.47. The largest absolute Gasteiger partial charge is 0.380 e. The van der Waals surface area contributed by atoms with Gasteiger partial charge >= 0.3 is 0 Å². The van der Waals surface area contributed by atoms with Crippen LogP contribution in [0.4, 0.5) is 0 Å². The van der Waals surface area contributed by atoms with Gasteiger partial charge in [0.15, 0.2) is 0 Å². The summed E-state index contributed by atoms with van der Waals surface area (Å²) in [6.45, 7) is 10.9. The number of hydrogen-bond acceptors (Lipinski definition) is 3. The minimum Gasteiger partial charge on any atom is -0.380 e. The molecular formula is C15H32N2O. The third kappa shape index (κ3) is 9.86. The van der Waals surface area contributed by atoms with Gasteiger partial charge in [-0.25, -0.2) is 0 Å². The first-order valence-electron chi connectivity index (χ1n) is 7.65. The van der Waals surface area contributed by atoms with Crippen molar-refractivity contribution in [1.82, 2.24) is 10.2 Å². The fraction of sp³-hybridized carbons (Fsp3) is 1.00. The van der Waals surface area contributed by atoms with E-state index in [2.05, 4.69) is 31.1 Å². The molecular weight excluding hydrogens is 224 g/mol. The zero-order valence-electron chi connectivity index (χ0n) is 12.6. The molecule has 0 aromatic carbocycles. The molecule has 0 heterocycles. The molecule has 1 rings (SSSR count). The topological polar surface area (TPSA) is 24.5 Å². The Balaban J connectivity index is 1.76. The molecule has 0 unspecified atom stereocenters. The van der Waals surface area contributed by atoms with E-state index in [4.69, 9.17) is 4.74 Å². The second-order valence-corrected chi connectivity index (χ2v) is 6.11. The molecule has 0 amide bonds. The van der Waals surface area contributed by atoms with Crippen LogP contribution in [-0.4, -0.2) is 51.3 Å². The second kappa shape index (κ2) is 9.76. The molecule has 0 aromatic rings. The number of hydrogen-bond donors (Lipinski definition) is 1. The van der Waals surface area contributed by atoms with Gasteiger partial charge in [0, 0.05) is 26.2 Å². The van der Waals surface area contributed by atoms with Crippen LogP contribution in [0.15, 0.2) is 0 Å². The van der Waals surface area contributed by atoms with E-state index in [0.717, 1.165) is 51.2 Å². The van der Waals surface area contributed by atoms with Crippen LogP contribution in [0.2, 0.25) is 0 Å². The summed E-state index contributed by atoms with van der Waals surface area (Å²) in [6.07, 6.45) is 5.40. The van der Waals surface area contributed by atoms with Crippen molar-refractivity contribution >= 4 is 0 Å². The van der Waals surface area contributed by atoms with Crippen molar-refractivity contribution in [3.63, 3.8) is 0 Å². The quantitative estimate of drug-likeness (QED) is 0.543. The smallest absolute Gasteiger partial charge is 0.0593 e. The molecule has 1 fully saturated rings. The summed E-state index contributed by atoms with van der Waals surface area (Å²) < 4.78 is 5.64. The van der Waals surface area contributed by atoms with Gasteiger partial charge in [-0.3, -0.25) is 0 Å². The van der Waals surface area contributed by atoms with Crippen molar-refractivity contribution in [1.29, 1.82) is 0 Å². The fourth-order valence-corrected chi connectivity index (χ4v) is 1.90. The minimum absolute atomic E-state index is 0.832. The van der Waals surface area contributed by atoms with Crippen molar-refractivity contribution in [2.75, 3.05) is 46.4 Å². The predicted octanol–water partition coefficient (Wildman–Crippen LogP) is 2.37. The van der Waals surface area contributed by atoms with E-state index in [0.29, 0.717) is 0 Å². The molecule has 1 aliphatic rings. The molecule has 1 N–H and O–H groups in total. The number of ether oxygens (including phenoxy) is 1. The Labute approximate surface area is 113 Å². The second-order valence-electron chi connectivity index (χ2n) is 6.11. The first-order valence-corrected chi connectivity index (χ1v) is 7.65. The lowest BCUT2D eigenvalue weighted by molar-refractivity contribution is 0.104. The van der Waals surface area contributed by atoms with Crippen molar-refractivity contribution in [2.45, 2.75) is 39.5 Å². The van der Waals surface area contributed by atoms with E-state index < -0.39 is 0 Å². The molecule has 0 radical (unpaired) electrons. The Kier molecular flexibility index (Phi) is 8.64. The summed E-state index contributed by atoms with van der Waals surface area (Å²) >= 11 is 0. The summed E-state index contributed by atoms with van der Waals surface area (Å²) in [5.74, 6) is 1.72. The van der Waals surface area contributed by atoms with Gasteiger partial charge in [0.1, 0.15) is 0 Å². The maximum Gasteiger partial charge on any atom is 0.0593 e. The number of rotatable bonds is 12. The van der Waals surface area contributed by atoms with Crippen molar-refractivity contribution in [3.05, 3.63) is 0 Å². The van der Waals surface area contributed by atoms with Gasteiger partial charge < -0.3 is 15.0 Å². The minimum atomic E-state index is 0.832. The molecule has 3 heteroatoms. The third-order valence-corrected chi connectivity index (χ3v) is 3.47. The molecule has 0 spiro atoms. The average molecular weight is 256 g/mol. The van der Waals surface area contributed by atoms with Crippen LogP contribution < -0.4 is 5.32 Å². The normalized spacial score (nSPS) is 15.8. The Morgan fingerprint density at radius 1 is 1.22 bits per heavy atom. The van der Waals surface area contributed by atoms with Crippen LogP contribution in [0.1, 0.15) is 39.5 Å². The molecule has 0 saturated heterocycles. The Morgan fingerprint density at radius 2 is 2.00 bits per heavy atom. The van der Waals surface area contributed by atoms with Crippen molar-refractivity contribution in [3.8, 4) is 0 Å². The SMILES string of the molecule is CC(C)CCCNCCN(C)CCOCC1CC1. The molecule has 1 aliphatic carbocycles. The van der Waals surface area contributed by atoms with Crippen LogP contribution in [0, 0.1) is 11.8 Å². The summed E-state index contributed by atoms with van der Waals surface area (Å²) in [6, 6.07) is 0. The Bertz CT molecular complexity index is 193. The maximum absolute atomic E-state index is 5.64. The zero-order chi connectivity index (χ0) is 13.2. The van der Waals surface area contributed by atoms with E-state index in [1.54, 1.807) is 0 Å². The molecule has 18 heavy (non-hydrogen) atoms. The lowest BCUT2D eigenvalue weighted by Crippen LogP contribution is -2.32. The molecule has 0 aliphatic heterocycles. The summed E-state index contributed by atoms with van der Waals surface area (Å²) in [5.41, 5.74) is 0. The highest BCUT2D eigenvalue weighted by Gasteiger charge is 2.20. The van der Waals surface area contributed by atoms with E-state index in [-0.39, 0.29) is 0 Å². The summed E-state index contributed by atoms with van der Waals surface area (Å²) in [4.78, 5) is 2.35. The standard InChI is InChI=1S/C15H32N2O/c1-14(2)5-4-8-16-9-10-17(3)11-12-18-13-15-6-7-15/h14-16H,4-13H2,1-3H3. The van der Waals surface area contributed by atoms with Crippen LogP contribution in [0.3, 0.4) is 0 Å². The van der Waals surface area contributed by atoms with Gasteiger partial charge in [0.25, 0.3) is 0 Å². The molecule has 3 nitrogen and oxygen atoms in total. The molecule has 1 saturated carbocycles. The summed E-state index contributed by atoms with van der Waals surface area (Å²) in [5, 5.41) is 3.51. The number of nitrogens with one attached hydrogen (secondary N) is 1. The van der Waals surface area contributed by atoms with Crippen molar-refractivity contribution in [2.24, 2.45) is 11.8 Å². The Hall–Kier alpha value is -0.120. The van der Waals surface area contributed by atoms with E-state index in [1.807, 2.05) is 0 Å². The van der Waals surface area contributed by atoms with Gasteiger partial charge in [-0.05, 0) is 51.1 Å². The van der Waals surface area contributed by atoms with Gasteiger partial charge in [0.05, 0.1) is 6.61 Å². The van der Waals surface area contributed by atoms with Gasteiger partial charge in [-0.2, -0.15) is 0 Å². The number of likely N-dealkylation sites (N-methyl/N-ethyl adjacent to an activating group) is 1. The predicted molar refractivity (Wildman–Crippen MR) is 78.0 cm³/mol. The van der Waals surface area contributed by atoms with Crippen LogP contribution >= 0.6 is 0 Å². The molecule has 0 aromatic heterocycles. The van der Waals surface area contributed by atoms with Crippen LogP contribution in [0.25, 0.3) is 0 Å². The van der Waals surface area contributed by atoms with Gasteiger partial charge in [-0.1, -0.05) is 13.8 Å². The van der Waals surface area contributed by atoms with Crippen molar-refractivity contribution < 1.29 is 4.74 Å². The zero-order valence-corrected chi connectivity index (χ0v) is 12.6. The molecule has 0 atom stereocenters. The Morgan fingerprint density at radius 3 is 2.67 bits per heavy atom. The average Bonchev–Trinajstić information content (AvgIpc) is 3.13. The molecule has 0 bridgehead atoms. The summed E-state index contributed by atoms with van der Waals surface area (Å²) in [7, 11) is 2.18. The monoisotopic (exact) mass is 256 g/mol. The fourth-order valence-electron chi connectivity index (χ4n) is 1.90. The van der Waals surface area contributed by atoms with Crippen LogP contribution in [0.5, 0.6) is 0 Å². The number of nitrogens with zero attached hydrogens (tertiary/aromatic N) is 1. The van der Waals surface area contributed by atoms with E-state index >= 15 is 0 Å². The molecule has 108 valence electrons. The maximum atomic E-state index is 5.64. The lowest BCUT2D eigenvalue weighted by atomic mass is 10.1. The van der Waals surface area contributed by atoms with Gasteiger partial charge in [0.2, 0.25) is 0 Å². The van der Waals surface area contributed by atoms with E-state index in [1.165, 1.54) is 25.7 Å². The highest BCUT2D eigenvalue weighted by Crippen LogP contribution is 2.28. The van der Waals surface area contributed by atoms with Crippen LogP contribution in [-0.2, 0) is 4.74 Å². The first kappa shape index (κ1) is 15.9. The lowest BCUT2D eigenvalue weighted by Gasteiger charge is -2.17. The van der Waals surface area contributed by atoms with E-state index in [9.17, 15) is 0 Å². The highest BCUT2D eigenvalue weighted by atomic mass is 16.5. The highest BCUT2D eigenvalue weighted by molar-refractivity contribution is 4.72. The van der Waals surface area contributed by atoms with Gasteiger partial charge in [-0.15, -0.1) is 0 Å². The first-order chi connectivity index (χ1) is 8.68.